The van der Waals surface area contributed by atoms with Crippen molar-refractivity contribution in [2.24, 2.45) is 5.10 Å². The fraction of sp³-hybridized carbons (Fsp3) is 0.314. The minimum Gasteiger partial charge on any atom is -0.496 e. The molecule has 2 heterocycles. The number of hydrazone groups is 1. The number of ether oxygens (including phenoxy) is 3. The van der Waals surface area contributed by atoms with Gasteiger partial charge in [-0.2, -0.15) is 5.10 Å². The average molecular weight is 612 g/mol. The van der Waals surface area contributed by atoms with Crippen molar-refractivity contribution in [1.82, 2.24) is 9.91 Å². The van der Waals surface area contributed by atoms with Gasteiger partial charge in [0.2, 0.25) is 0 Å². The number of likely N-dealkylation sites (tertiary alicyclic amines) is 1. The summed E-state index contributed by atoms with van der Waals surface area (Å²) in [5.74, 6) is 0.230. The Morgan fingerprint density at radius 3 is 2.44 bits per heavy atom. The number of carboxylic acids is 1. The van der Waals surface area contributed by atoms with Gasteiger partial charge in [0, 0.05) is 51.2 Å². The summed E-state index contributed by atoms with van der Waals surface area (Å²) in [6.07, 6.45) is 2.82. The molecular formula is C35H37N3O7. The maximum atomic E-state index is 13.7. The molecule has 0 aromatic heterocycles. The van der Waals surface area contributed by atoms with Crippen molar-refractivity contribution in [3.63, 3.8) is 0 Å². The molecular weight excluding hydrogens is 574 g/mol. The van der Waals surface area contributed by atoms with E-state index in [1.54, 1.807) is 52.5 Å². The summed E-state index contributed by atoms with van der Waals surface area (Å²) in [5.41, 5.74) is 3.05. The van der Waals surface area contributed by atoms with Gasteiger partial charge in [-0.1, -0.05) is 24.8 Å². The standard InChI is InChI=1S/C35H37N3O7/c1-6-44-31-19-26(18-30(43-5)32(31)22(2)21-36-37(3)4)33(40)38-14-12-35(13-15-38)20-28(39)27-17-24(10-11-29(27)45-35)23-8-7-9-25(16-23)34(41)42/h7-11,16-19,21H,2,6,12-15,20H2,1,3-5H3,(H,41,42)/b36-21-. The number of rotatable bonds is 9. The maximum absolute atomic E-state index is 13.7. The van der Waals surface area contributed by atoms with Gasteiger partial charge in [0.1, 0.15) is 22.8 Å². The summed E-state index contributed by atoms with van der Waals surface area (Å²) < 4.78 is 18.0. The molecule has 2 aliphatic rings. The first-order valence-electron chi connectivity index (χ1n) is 14.8. The van der Waals surface area contributed by atoms with E-state index in [0.29, 0.717) is 77.6 Å². The van der Waals surface area contributed by atoms with Gasteiger partial charge < -0.3 is 29.2 Å². The molecule has 1 spiro atoms. The fourth-order valence-electron chi connectivity index (χ4n) is 5.79. The quantitative estimate of drug-likeness (QED) is 0.243. The number of aromatic carboxylic acids is 1. The van der Waals surface area contributed by atoms with Crippen LogP contribution in [0.4, 0.5) is 0 Å². The number of piperidine rings is 1. The minimum absolute atomic E-state index is 0.0352. The minimum atomic E-state index is -1.01. The molecule has 0 unspecified atom stereocenters. The van der Waals surface area contributed by atoms with Gasteiger partial charge in [0.25, 0.3) is 5.91 Å². The number of ketones is 1. The Labute approximate surface area is 262 Å². The molecule has 45 heavy (non-hydrogen) atoms. The van der Waals surface area contributed by atoms with E-state index in [-0.39, 0.29) is 23.7 Å². The Morgan fingerprint density at radius 1 is 1.07 bits per heavy atom. The Balaban J connectivity index is 1.32. The number of amides is 1. The average Bonchev–Trinajstić information content (AvgIpc) is 3.03. The molecule has 234 valence electrons. The van der Waals surface area contributed by atoms with Gasteiger partial charge in [-0.3, -0.25) is 9.59 Å². The largest absolute Gasteiger partial charge is 0.496 e. The summed E-state index contributed by atoms with van der Waals surface area (Å²) in [6, 6.07) is 15.4. The lowest BCUT2D eigenvalue weighted by Crippen LogP contribution is -2.52. The first-order valence-corrected chi connectivity index (χ1v) is 14.8. The summed E-state index contributed by atoms with van der Waals surface area (Å²) in [6.45, 7) is 7.21. The second-order valence-corrected chi connectivity index (χ2v) is 11.4. The van der Waals surface area contributed by atoms with Crippen LogP contribution in [-0.4, -0.2) is 85.4 Å². The van der Waals surface area contributed by atoms with Crippen LogP contribution in [0, 0.1) is 0 Å². The van der Waals surface area contributed by atoms with Crippen LogP contribution in [0.2, 0.25) is 0 Å². The SMILES string of the molecule is C=C(/C=N\N(C)C)c1c(OC)cc(C(=O)N2CCC3(CC2)CC(=O)c2cc(-c4cccc(C(=O)O)c4)ccc2O3)cc1OCC. The van der Waals surface area contributed by atoms with Crippen molar-refractivity contribution in [3.05, 3.63) is 83.4 Å². The lowest BCUT2D eigenvalue weighted by Gasteiger charge is -2.44. The molecule has 0 saturated carbocycles. The van der Waals surface area contributed by atoms with Gasteiger partial charge in [-0.15, -0.1) is 0 Å². The topological polar surface area (TPSA) is 118 Å². The Hall–Kier alpha value is -5.12. The van der Waals surface area contributed by atoms with Crippen molar-refractivity contribution in [2.75, 3.05) is 40.9 Å². The first-order chi connectivity index (χ1) is 21.5. The molecule has 5 rings (SSSR count). The number of allylic oxidation sites excluding steroid dienone is 1. The van der Waals surface area contributed by atoms with E-state index in [4.69, 9.17) is 14.2 Å². The highest BCUT2D eigenvalue weighted by Crippen LogP contribution is 2.42. The van der Waals surface area contributed by atoms with Crippen LogP contribution in [0.3, 0.4) is 0 Å². The molecule has 0 radical (unpaired) electrons. The molecule has 0 atom stereocenters. The normalized spacial score (nSPS) is 15.4. The zero-order valence-electron chi connectivity index (χ0n) is 26.0. The Morgan fingerprint density at radius 2 is 1.78 bits per heavy atom. The van der Waals surface area contributed by atoms with E-state index in [2.05, 4.69) is 11.7 Å². The van der Waals surface area contributed by atoms with Crippen molar-refractivity contribution in [2.45, 2.75) is 31.8 Å². The van der Waals surface area contributed by atoms with Crippen molar-refractivity contribution in [3.8, 4) is 28.4 Å². The molecule has 10 heteroatoms. The molecule has 2 aliphatic heterocycles. The highest BCUT2D eigenvalue weighted by molar-refractivity contribution is 6.11. The smallest absolute Gasteiger partial charge is 0.335 e. The van der Waals surface area contributed by atoms with Gasteiger partial charge >= 0.3 is 5.97 Å². The van der Waals surface area contributed by atoms with Crippen LogP contribution in [-0.2, 0) is 0 Å². The highest BCUT2D eigenvalue weighted by atomic mass is 16.5. The fourth-order valence-corrected chi connectivity index (χ4v) is 5.79. The third-order valence-electron chi connectivity index (χ3n) is 8.09. The monoisotopic (exact) mass is 611 g/mol. The number of fused-ring (bicyclic) bond motifs is 1. The number of carboxylic acid groups (broad SMARTS) is 1. The van der Waals surface area contributed by atoms with Crippen LogP contribution in [0.5, 0.6) is 17.2 Å². The highest BCUT2D eigenvalue weighted by Gasteiger charge is 2.44. The summed E-state index contributed by atoms with van der Waals surface area (Å²) in [7, 11) is 5.15. The van der Waals surface area contributed by atoms with Gasteiger partial charge in [-0.05, 0) is 54.4 Å². The number of carbonyl (C=O) groups excluding carboxylic acids is 2. The number of methoxy groups -OCH3 is 1. The molecule has 3 aromatic carbocycles. The first kappa shape index (κ1) is 31.3. The second-order valence-electron chi connectivity index (χ2n) is 11.4. The maximum Gasteiger partial charge on any atom is 0.335 e. The van der Waals surface area contributed by atoms with Crippen LogP contribution in [0.1, 0.15) is 62.8 Å². The van der Waals surface area contributed by atoms with Crippen LogP contribution in [0.25, 0.3) is 16.7 Å². The number of hydrogen-bond donors (Lipinski definition) is 1. The number of nitrogens with zero attached hydrogens (tertiary/aromatic N) is 3. The Kier molecular flexibility index (Phi) is 8.94. The lowest BCUT2D eigenvalue weighted by atomic mass is 9.81. The van der Waals surface area contributed by atoms with Gasteiger partial charge in [0.15, 0.2) is 5.78 Å². The molecule has 0 aliphatic carbocycles. The van der Waals surface area contributed by atoms with Crippen LogP contribution < -0.4 is 14.2 Å². The van der Waals surface area contributed by atoms with E-state index in [9.17, 15) is 19.5 Å². The van der Waals surface area contributed by atoms with Crippen LogP contribution >= 0.6 is 0 Å². The van der Waals surface area contributed by atoms with E-state index >= 15 is 0 Å². The van der Waals surface area contributed by atoms with Crippen molar-refractivity contribution >= 4 is 29.4 Å². The Bertz CT molecular complexity index is 1690. The van der Waals surface area contributed by atoms with E-state index in [1.165, 1.54) is 13.2 Å². The number of benzene rings is 3. The van der Waals surface area contributed by atoms with Crippen molar-refractivity contribution < 1.29 is 33.7 Å². The number of Topliss-reactive ketones (excluding diaryl/α,β-unsaturated/α-hetero) is 1. The molecule has 1 fully saturated rings. The van der Waals surface area contributed by atoms with Crippen LogP contribution in [0.15, 0.2) is 66.3 Å². The van der Waals surface area contributed by atoms with E-state index in [1.807, 2.05) is 33.2 Å². The zero-order chi connectivity index (χ0) is 32.3. The van der Waals surface area contributed by atoms with E-state index < -0.39 is 11.6 Å². The predicted octanol–water partition coefficient (Wildman–Crippen LogP) is 5.66. The van der Waals surface area contributed by atoms with Gasteiger partial charge in [-0.25, -0.2) is 4.79 Å². The summed E-state index contributed by atoms with van der Waals surface area (Å²) in [5, 5.41) is 15.3. The molecule has 1 N–H and O–H groups in total. The molecule has 10 nitrogen and oxygen atoms in total. The molecule has 0 bridgehead atoms. The lowest BCUT2D eigenvalue weighted by molar-refractivity contribution is -0.00573. The van der Waals surface area contributed by atoms with E-state index in [0.717, 1.165) is 5.56 Å². The summed E-state index contributed by atoms with van der Waals surface area (Å²) in [4.78, 5) is 40.3. The molecule has 3 aromatic rings. The van der Waals surface area contributed by atoms with Gasteiger partial charge in [0.05, 0.1) is 43.0 Å². The predicted molar refractivity (Wildman–Crippen MR) is 172 cm³/mol. The second kappa shape index (κ2) is 12.9. The third kappa shape index (κ3) is 6.55. The number of hydrogen-bond acceptors (Lipinski definition) is 8. The van der Waals surface area contributed by atoms with Crippen molar-refractivity contribution in [1.29, 1.82) is 0 Å². The summed E-state index contributed by atoms with van der Waals surface area (Å²) >= 11 is 0. The third-order valence-corrected chi connectivity index (χ3v) is 8.09. The molecule has 1 amide bonds. The molecule has 1 saturated heterocycles. The number of carbonyl (C=O) groups is 3. The zero-order valence-corrected chi connectivity index (χ0v) is 26.0.